The van der Waals surface area contributed by atoms with E-state index in [0.717, 1.165) is 22.8 Å². The number of hydrogen-bond donors (Lipinski definition) is 1. The van der Waals surface area contributed by atoms with E-state index in [2.05, 4.69) is 15.3 Å². The fourth-order valence-electron chi connectivity index (χ4n) is 3.28. The van der Waals surface area contributed by atoms with Crippen LogP contribution in [0.1, 0.15) is 29.9 Å². The standard InChI is InChI=1S/C23H22N4O3S/c1-3-29-17-9-5-15(6-10-17)19-13-21-20(24-25-23(31)27(21)26-19)14-22(28)16-7-11-18(12-8-16)30-4-2/h5-13H,3-4,14H2,1-2H3,(H,25,31). The Hall–Kier alpha value is -3.52. The van der Waals surface area contributed by atoms with Crippen LogP contribution >= 0.6 is 12.2 Å². The van der Waals surface area contributed by atoms with Crippen molar-refractivity contribution >= 4 is 23.5 Å². The zero-order chi connectivity index (χ0) is 21.8. The first-order valence-corrected chi connectivity index (χ1v) is 10.5. The van der Waals surface area contributed by atoms with Crippen molar-refractivity contribution in [1.82, 2.24) is 19.8 Å². The number of carbonyl (C=O) groups is 1. The van der Waals surface area contributed by atoms with Crippen LogP contribution in [0.3, 0.4) is 0 Å². The molecule has 2 aromatic heterocycles. The largest absolute Gasteiger partial charge is 0.494 e. The van der Waals surface area contributed by atoms with E-state index in [9.17, 15) is 4.79 Å². The highest BCUT2D eigenvalue weighted by Gasteiger charge is 2.15. The minimum Gasteiger partial charge on any atom is -0.494 e. The van der Waals surface area contributed by atoms with Gasteiger partial charge in [0.15, 0.2) is 5.78 Å². The molecule has 8 heteroatoms. The minimum absolute atomic E-state index is 0.0493. The maximum absolute atomic E-state index is 12.8. The molecule has 0 aliphatic rings. The molecule has 4 rings (SSSR count). The lowest BCUT2D eigenvalue weighted by atomic mass is 10.1. The predicted molar refractivity (Wildman–Crippen MR) is 120 cm³/mol. The molecule has 2 aromatic carbocycles. The molecule has 7 nitrogen and oxygen atoms in total. The maximum atomic E-state index is 12.8. The first-order chi connectivity index (χ1) is 15.1. The fraction of sp³-hybridized carbons (Fsp3) is 0.217. The van der Waals surface area contributed by atoms with Crippen molar-refractivity contribution in [1.29, 1.82) is 0 Å². The molecule has 0 bridgehead atoms. The van der Waals surface area contributed by atoms with E-state index in [1.165, 1.54) is 0 Å². The Morgan fingerprint density at radius 1 is 1.00 bits per heavy atom. The number of ether oxygens (including phenoxy) is 2. The van der Waals surface area contributed by atoms with Crippen LogP contribution in [-0.4, -0.2) is 38.8 Å². The van der Waals surface area contributed by atoms with Gasteiger partial charge >= 0.3 is 0 Å². The monoisotopic (exact) mass is 434 g/mol. The van der Waals surface area contributed by atoms with Gasteiger partial charge in [0.1, 0.15) is 11.5 Å². The number of aromatic amines is 1. The summed E-state index contributed by atoms with van der Waals surface area (Å²) < 4.78 is 12.9. The highest BCUT2D eigenvalue weighted by molar-refractivity contribution is 7.71. The Balaban J connectivity index is 1.63. The van der Waals surface area contributed by atoms with Crippen LogP contribution < -0.4 is 9.47 Å². The second-order valence-electron chi connectivity index (χ2n) is 6.82. The molecule has 0 saturated heterocycles. The van der Waals surface area contributed by atoms with Crippen LogP contribution in [0.15, 0.2) is 54.6 Å². The van der Waals surface area contributed by atoms with Crippen LogP contribution in [0.5, 0.6) is 11.5 Å². The molecule has 158 valence electrons. The average molecular weight is 435 g/mol. The zero-order valence-electron chi connectivity index (χ0n) is 17.3. The van der Waals surface area contributed by atoms with Crippen molar-refractivity contribution in [3.63, 3.8) is 0 Å². The number of H-pyrrole nitrogens is 1. The van der Waals surface area contributed by atoms with Gasteiger partial charge in [-0.15, -0.1) is 0 Å². The summed E-state index contributed by atoms with van der Waals surface area (Å²) in [6.07, 6.45) is 0.123. The van der Waals surface area contributed by atoms with Gasteiger partial charge in [-0.2, -0.15) is 10.2 Å². The molecule has 0 atom stereocenters. The molecule has 0 saturated carbocycles. The normalized spacial score (nSPS) is 10.9. The van der Waals surface area contributed by atoms with E-state index in [0.29, 0.717) is 34.8 Å². The Kier molecular flexibility index (Phi) is 6.08. The number of nitrogens with zero attached hydrogens (tertiary/aromatic N) is 3. The first kappa shape index (κ1) is 20.7. The van der Waals surface area contributed by atoms with Crippen molar-refractivity contribution in [2.24, 2.45) is 0 Å². The third-order valence-electron chi connectivity index (χ3n) is 4.76. The summed E-state index contributed by atoms with van der Waals surface area (Å²) in [5, 5.41) is 11.7. The van der Waals surface area contributed by atoms with E-state index in [1.54, 1.807) is 28.8 Å². The number of nitrogens with one attached hydrogen (secondary N) is 1. The van der Waals surface area contributed by atoms with Crippen LogP contribution in [0.2, 0.25) is 0 Å². The van der Waals surface area contributed by atoms with Gasteiger partial charge in [0, 0.05) is 11.1 Å². The summed E-state index contributed by atoms with van der Waals surface area (Å²) in [7, 11) is 0. The molecule has 2 heterocycles. The molecule has 0 amide bonds. The number of benzene rings is 2. The number of hydrogen-bond acceptors (Lipinski definition) is 6. The van der Waals surface area contributed by atoms with E-state index < -0.39 is 0 Å². The molecular weight excluding hydrogens is 412 g/mol. The summed E-state index contributed by atoms with van der Waals surface area (Å²) in [6, 6.07) is 16.7. The smallest absolute Gasteiger partial charge is 0.215 e. The predicted octanol–water partition coefficient (Wildman–Crippen LogP) is 4.68. The van der Waals surface area contributed by atoms with Crippen molar-refractivity contribution in [2.75, 3.05) is 13.2 Å². The van der Waals surface area contributed by atoms with Crippen LogP contribution in [-0.2, 0) is 6.42 Å². The van der Waals surface area contributed by atoms with Crippen LogP contribution in [0, 0.1) is 4.77 Å². The van der Waals surface area contributed by atoms with Crippen LogP contribution in [0.25, 0.3) is 16.8 Å². The summed E-state index contributed by atoms with van der Waals surface area (Å²) in [6.45, 7) is 5.06. The quantitative estimate of drug-likeness (QED) is 0.320. The SMILES string of the molecule is CCOc1ccc(C(=O)Cc2n[nH]c(=S)n3nc(-c4ccc(OCC)cc4)cc23)cc1. The molecule has 0 fully saturated rings. The van der Waals surface area contributed by atoms with Crippen molar-refractivity contribution < 1.29 is 14.3 Å². The molecule has 0 aliphatic heterocycles. The third kappa shape index (κ3) is 4.49. The van der Waals surface area contributed by atoms with Gasteiger partial charge in [0.05, 0.1) is 36.5 Å². The zero-order valence-corrected chi connectivity index (χ0v) is 18.1. The lowest BCUT2D eigenvalue weighted by Gasteiger charge is -2.05. The lowest BCUT2D eigenvalue weighted by Crippen LogP contribution is -2.09. The van der Waals surface area contributed by atoms with Gasteiger partial charge in [-0.05, 0) is 80.7 Å². The third-order valence-corrected chi connectivity index (χ3v) is 5.02. The fourth-order valence-corrected chi connectivity index (χ4v) is 3.46. The van der Waals surface area contributed by atoms with Crippen molar-refractivity contribution in [2.45, 2.75) is 20.3 Å². The van der Waals surface area contributed by atoms with Crippen LogP contribution in [0.4, 0.5) is 0 Å². The topological polar surface area (TPSA) is 81.5 Å². The first-order valence-electron chi connectivity index (χ1n) is 10.1. The molecule has 0 radical (unpaired) electrons. The highest BCUT2D eigenvalue weighted by Crippen LogP contribution is 2.24. The summed E-state index contributed by atoms with van der Waals surface area (Å²) >= 11 is 5.34. The number of fused-ring (bicyclic) bond motifs is 1. The van der Waals surface area contributed by atoms with Crippen molar-refractivity contribution in [3.8, 4) is 22.8 Å². The molecule has 0 spiro atoms. The number of Topliss-reactive ketones (excluding diaryl/α,β-unsaturated/α-hetero) is 1. The van der Waals surface area contributed by atoms with Gasteiger partial charge < -0.3 is 9.47 Å². The highest BCUT2D eigenvalue weighted by atomic mass is 32.1. The molecule has 1 N–H and O–H groups in total. The van der Waals surface area contributed by atoms with Gasteiger partial charge in [-0.1, -0.05) is 0 Å². The number of ketones is 1. The van der Waals surface area contributed by atoms with E-state index >= 15 is 0 Å². The Labute approximate surface area is 184 Å². The second-order valence-corrected chi connectivity index (χ2v) is 7.20. The summed E-state index contributed by atoms with van der Waals surface area (Å²) in [5.41, 5.74) is 3.54. The molecule has 31 heavy (non-hydrogen) atoms. The van der Waals surface area contributed by atoms with Gasteiger partial charge in [-0.25, -0.2) is 4.52 Å². The molecule has 0 aliphatic carbocycles. The maximum Gasteiger partial charge on any atom is 0.215 e. The number of rotatable bonds is 8. The van der Waals surface area contributed by atoms with Gasteiger partial charge in [0.25, 0.3) is 0 Å². The Morgan fingerprint density at radius 2 is 1.61 bits per heavy atom. The summed E-state index contributed by atoms with van der Waals surface area (Å²) in [5.74, 6) is 1.49. The molecule has 0 unspecified atom stereocenters. The van der Waals surface area contributed by atoms with E-state index in [1.807, 2.05) is 44.2 Å². The minimum atomic E-state index is -0.0493. The van der Waals surface area contributed by atoms with Gasteiger partial charge in [-0.3, -0.25) is 9.89 Å². The Morgan fingerprint density at radius 3 is 2.23 bits per heavy atom. The number of carbonyl (C=O) groups excluding carboxylic acids is 1. The number of aromatic nitrogens is 4. The van der Waals surface area contributed by atoms with E-state index in [-0.39, 0.29) is 12.2 Å². The second kappa shape index (κ2) is 9.09. The molecule has 4 aromatic rings. The van der Waals surface area contributed by atoms with Gasteiger partial charge in [0.2, 0.25) is 4.77 Å². The average Bonchev–Trinajstić information content (AvgIpc) is 3.24. The van der Waals surface area contributed by atoms with Crippen molar-refractivity contribution in [3.05, 3.63) is 70.6 Å². The molecular formula is C23H22N4O3S. The summed E-state index contributed by atoms with van der Waals surface area (Å²) in [4.78, 5) is 12.8. The lowest BCUT2D eigenvalue weighted by molar-refractivity contribution is 0.0992. The van der Waals surface area contributed by atoms with E-state index in [4.69, 9.17) is 21.7 Å². The Bertz CT molecular complexity index is 1260.